The van der Waals surface area contributed by atoms with E-state index in [4.69, 9.17) is 9.47 Å². The minimum atomic E-state index is -0.249. The number of carbonyl (C=O) groups excluding carboxylic acids is 2. The number of esters is 2. The third-order valence-electron chi connectivity index (χ3n) is 6.25. The number of methoxy groups -OCH3 is 1. The fourth-order valence-electron chi connectivity index (χ4n) is 4.44. The van der Waals surface area contributed by atoms with E-state index < -0.39 is 0 Å². The van der Waals surface area contributed by atoms with Crippen LogP contribution in [0, 0.1) is 11.3 Å². The summed E-state index contributed by atoms with van der Waals surface area (Å²) in [5.74, 6) is 0.427. The maximum atomic E-state index is 12.5. The summed E-state index contributed by atoms with van der Waals surface area (Å²) in [6.45, 7) is 8.62. The van der Waals surface area contributed by atoms with E-state index in [2.05, 4.69) is 25.7 Å². The van der Waals surface area contributed by atoms with E-state index in [-0.39, 0.29) is 23.5 Å². The van der Waals surface area contributed by atoms with Gasteiger partial charge in [0.1, 0.15) is 6.10 Å². The molecule has 0 aromatic rings. The van der Waals surface area contributed by atoms with Gasteiger partial charge in [-0.15, -0.1) is 0 Å². The Balaban J connectivity index is 1.79. The first-order valence-electron chi connectivity index (χ1n) is 9.92. The molecular weight excluding hydrogens is 318 g/mol. The molecule has 1 heterocycles. The van der Waals surface area contributed by atoms with Gasteiger partial charge in [0.05, 0.1) is 12.5 Å². The van der Waals surface area contributed by atoms with Crippen LogP contribution in [0.15, 0.2) is 0 Å². The Morgan fingerprint density at radius 3 is 2.56 bits per heavy atom. The molecule has 1 atom stereocenters. The third kappa shape index (κ3) is 5.19. The largest absolute Gasteiger partial charge is 0.469 e. The quantitative estimate of drug-likeness (QED) is 0.625. The highest BCUT2D eigenvalue weighted by atomic mass is 16.6. The first-order valence-corrected chi connectivity index (χ1v) is 9.92. The standard InChI is InChI=1S/C20H35NO4/c1-5-21(15(2)3)13-10-17-14-20(19(23)25-17)11-8-16(9-12-20)6-7-18(22)24-4/h15-17H,5-14H2,1-4H3/t16?,17-,20?/m0/s1. The Hall–Kier alpha value is -1.10. The van der Waals surface area contributed by atoms with E-state index in [0.717, 1.165) is 58.0 Å². The zero-order valence-corrected chi connectivity index (χ0v) is 16.4. The summed E-state index contributed by atoms with van der Waals surface area (Å²) in [5, 5.41) is 0. The van der Waals surface area contributed by atoms with Crippen LogP contribution in [0.2, 0.25) is 0 Å². The van der Waals surface area contributed by atoms with Gasteiger partial charge < -0.3 is 14.4 Å². The highest BCUT2D eigenvalue weighted by molar-refractivity contribution is 5.79. The van der Waals surface area contributed by atoms with Crippen molar-refractivity contribution in [2.75, 3.05) is 20.2 Å². The van der Waals surface area contributed by atoms with Crippen molar-refractivity contribution in [3.8, 4) is 0 Å². The van der Waals surface area contributed by atoms with Crippen LogP contribution in [0.3, 0.4) is 0 Å². The minimum Gasteiger partial charge on any atom is -0.469 e. The van der Waals surface area contributed by atoms with Gasteiger partial charge >= 0.3 is 11.9 Å². The van der Waals surface area contributed by atoms with Crippen LogP contribution in [0.4, 0.5) is 0 Å². The number of ether oxygens (including phenoxy) is 2. The van der Waals surface area contributed by atoms with E-state index in [1.165, 1.54) is 7.11 Å². The maximum absolute atomic E-state index is 12.5. The van der Waals surface area contributed by atoms with Crippen LogP contribution in [-0.2, 0) is 19.1 Å². The first kappa shape index (κ1) is 20.2. The summed E-state index contributed by atoms with van der Waals surface area (Å²) >= 11 is 0. The lowest BCUT2D eigenvalue weighted by atomic mass is 9.68. The molecule has 0 aromatic carbocycles. The molecule has 0 radical (unpaired) electrons. The molecule has 0 unspecified atom stereocenters. The van der Waals surface area contributed by atoms with E-state index in [9.17, 15) is 9.59 Å². The first-order chi connectivity index (χ1) is 11.9. The molecular formula is C20H35NO4. The highest BCUT2D eigenvalue weighted by Gasteiger charge is 2.50. The Kier molecular flexibility index (Phi) is 7.29. The molecule has 2 rings (SSSR count). The van der Waals surface area contributed by atoms with E-state index in [1.54, 1.807) is 0 Å². The van der Waals surface area contributed by atoms with Crippen LogP contribution in [0.25, 0.3) is 0 Å². The molecule has 25 heavy (non-hydrogen) atoms. The second kappa shape index (κ2) is 9.02. The number of carbonyl (C=O) groups is 2. The van der Waals surface area contributed by atoms with Gasteiger partial charge in [0.25, 0.3) is 0 Å². The van der Waals surface area contributed by atoms with Crippen LogP contribution in [0.5, 0.6) is 0 Å². The normalized spacial score (nSPS) is 29.4. The molecule has 1 saturated carbocycles. The summed E-state index contributed by atoms with van der Waals surface area (Å²) in [6, 6.07) is 0.529. The zero-order valence-electron chi connectivity index (χ0n) is 16.4. The summed E-state index contributed by atoms with van der Waals surface area (Å²) in [7, 11) is 1.44. The summed E-state index contributed by atoms with van der Waals surface area (Å²) in [5.41, 5.74) is -0.249. The zero-order chi connectivity index (χ0) is 18.4. The summed E-state index contributed by atoms with van der Waals surface area (Å²) < 4.78 is 10.5. The molecule has 1 saturated heterocycles. The van der Waals surface area contributed by atoms with Gasteiger partial charge in [-0.25, -0.2) is 0 Å². The third-order valence-corrected chi connectivity index (χ3v) is 6.25. The van der Waals surface area contributed by atoms with Gasteiger partial charge in [0.15, 0.2) is 0 Å². The Bertz CT molecular complexity index is 455. The van der Waals surface area contributed by atoms with Crippen molar-refractivity contribution < 1.29 is 19.1 Å². The molecule has 1 aliphatic heterocycles. The topological polar surface area (TPSA) is 55.8 Å². The molecule has 0 amide bonds. The summed E-state index contributed by atoms with van der Waals surface area (Å²) in [4.78, 5) is 26.2. The average molecular weight is 354 g/mol. The van der Waals surface area contributed by atoms with Crippen LogP contribution >= 0.6 is 0 Å². The Morgan fingerprint density at radius 1 is 1.32 bits per heavy atom. The molecule has 5 heteroatoms. The number of cyclic esters (lactones) is 1. The molecule has 144 valence electrons. The Labute approximate surface area is 152 Å². The van der Waals surface area contributed by atoms with E-state index in [0.29, 0.717) is 18.4 Å². The second-order valence-corrected chi connectivity index (χ2v) is 8.08. The van der Waals surface area contributed by atoms with Crippen molar-refractivity contribution in [1.29, 1.82) is 0 Å². The van der Waals surface area contributed by atoms with Crippen molar-refractivity contribution in [3.05, 3.63) is 0 Å². The second-order valence-electron chi connectivity index (χ2n) is 8.08. The number of rotatable bonds is 8. The smallest absolute Gasteiger partial charge is 0.312 e. The molecule has 1 aliphatic carbocycles. The van der Waals surface area contributed by atoms with Gasteiger partial charge in [0.2, 0.25) is 0 Å². The molecule has 5 nitrogen and oxygen atoms in total. The van der Waals surface area contributed by atoms with Crippen LogP contribution < -0.4 is 0 Å². The van der Waals surface area contributed by atoms with Crippen molar-refractivity contribution in [3.63, 3.8) is 0 Å². The molecule has 2 aliphatic rings. The monoisotopic (exact) mass is 353 g/mol. The van der Waals surface area contributed by atoms with E-state index in [1.807, 2.05) is 0 Å². The number of nitrogens with zero attached hydrogens (tertiary/aromatic N) is 1. The lowest BCUT2D eigenvalue weighted by Gasteiger charge is -2.34. The fraction of sp³-hybridized carbons (Fsp3) is 0.900. The predicted octanol–water partition coefficient (Wildman–Crippen LogP) is 3.55. The minimum absolute atomic E-state index is 0.0245. The van der Waals surface area contributed by atoms with Gasteiger partial charge in [-0.2, -0.15) is 0 Å². The highest BCUT2D eigenvalue weighted by Crippen LogP contribution is 2.48. The Morgan fingerprint density at radius 2 is 2.00 bits per heavy atom. The van der Waals surface area contributed by atoms with Crippen LogP contribution in [-0.4, -0.2) is 49.2 Å². The molecule has 0 aromatic heterocycles. The molecule has 0 bridgehead atoms. The van der Waals surface area contributed by atoms with Crippen molar-refractivity contribution in [1.82, 2.24) is 4.90 Å². The van der Waals surface area contributed by atoms with Crippen molar-refractivity contribution >= 4 is 11.9 Å². The molecule has 1 spiro atoms. The van der Waals surface area contributed by atoms with Gasteiger partial charge in [-0.3, -0.25) is 9.59 Å². The molecule has 2 fully saturated rings. The van der Waals surface area contributed by atoms with Gasteiger partial charge in [-0.05, 0) is 64.8 Å². The molecule has 0 N–H and O–H groups in total. The van der Waals surface area contributed by atoms with Gasteiger partial charge in [0, 0.05) is 25.4 Å². The lowest BCUT2D eigenvalue weighted by molar-refractivity contribution is -0.151. The van der Waals surface area contributed by atoms with E-state index >= 15 is 0 Å². The van der Waals surface area contributed by atoms with Crippen LogP contribution in [0.1, 0.15) is 72.1 Å². The SMILES string of the molecule is CCN(CC[C@H]1CC2(CCC(CCC(=O)OC)CC2)C(=O)O1)C(C)C. The van der Waals surface area contributed by atoms with Crippen molar-refractivity contribution in [2.45, 2.75) is 84.3 Å². The average Bonchev–Trinajstić information content (AvgIpc) is 2.90. The van der Waals surface area contributed by atoms with Gasteiger partial charge in [-0.1, -0.05) is 6.92 Å². The predicted molar refractivity (Wildman–Crippen MR) is 97.1 cm³/mol. The maximum Gasteiger partial charge on any atom is 0.312 e. The lowest BCUT2D eigenvalue weighted by Crippen LogP contribution is -2.33. The number of hydrogen-bond donors (Lipinski definition) is 0. The number of hydrogen-bond acceptors (Lipinski definition) is 5. The van der Waals surface area contributed by atoms with Crippen molar-refractivity contribution in [2.24, 2.45) is 11.3 Å². The summed E-state index contributed by atoms with van der Waals surface area (Å²) in [6.07, 6.45) is 7.12. The fourth-order valence-corrected chi connectivity index (χ4v) is 4.44.